The van der Waals surface area contributed by atoms with Gasteiger partial charge in [0.25, 0.3) is 0 Å². The lowest BCUT2D eigenvalue weighted by Crippen LogP contribution is -2.38. The summed E-state index contributed by atoms with van der Waals surface area (Å²) < 4.78 is 0. The lowest BCUT2D eigenvalue weighted by molar-refractivity contribution is 0.712. The molecule has 0 amide bonds. The average Bonchev–Trinajstić information content (AvgIpc) is 2.83. The minimum absolute atomic E-state index is 0.512. The molecule has 148 valence electrons. The summed E-state index contributed by atoms with van der Waals surface area (Å²) in [5, 5.41) is 4.75. The number of anilines is 1. The van der Waals surface area contributed by atoms with Crippen LogP contribution in [-0.4, -0.2) is 5.33 Å². The van der Waals surface area contributed by atoms with Crippen molar-refractivity contribution >= 4 is 27.7 Å². The van der Waals surface area contributed by atoms with Gasteiger partial charge in [0.2, 0.25) is 0 Å². The molecule has 0 aliphatic carbocycles. The van der Waals surface area contributed by atoms with Crippen molar-refractivity contribution in [2.45, 2.75) is 5.54 Å². The van der Waals surface area contributed by atoms with Crippen LogP contribution in [0.15, 0.2) is 121 Å². The fourth-order valence-corrected chi connectivity index (χ4v) is 4.09. The second-order valence-corrected chi connectivity index (χ2v) is 7.80. The zero-order valence-electron chi connectivity index (χ0n) is 16.7. The van der Waals surface area contributed by atoms with Gasteiger partial charge in [-0.2, -0.15) is 0 Å². The summed E-state index contributed by atoms with van der Waals surface area (Å²) in [5.41, 5.74) is 5.32. The molecule has 1 N–H and O–H groups in total. The number of hydrogen-bond donors (Lipinski definition) is 1. The molecule has 0 fully saturated rings. The van der Waals surface area contributed by atoms with E-state index in [1.807, 2.05) is 0 Å². The fraction of sp³-hybridized carbons (Fsp3) is 0.0714. The van der Waals surface area contributed by atoms with Crippen molar-refractivity contribution in [1.82, 2.24) is 0 Å². The molecule has 0 saturated carbocycles. The van der Waals surface area contributed by atoms with Gasteiger partial charge in [-0.15, -0.1) is 0 Å². The van der Waals surface area contributed by atoms with Crippen LogP contribution in [0, 0.1) is 0 Å². The van der Waals surface area contributed by atoms with Crippen molar-refractivity contribution < 1.29 is 0 Å². The Morgan fingerprint density at radius 3 is 1.60 bits per heavy atom. The molecule has 4 aromatic carbocycles. The minimum atomic E-state index is -0.512. The Hall–Kier alpha value is -3.10. The van der Waals surface area contributed by atoms with E-state index < -0.39 is 5.54 Å². The quantitative estimate of drug-likeness (QED) is 0.225. The van der Waals surface area contributed by atoms with Crippen molar-refractivity contribution in [1.29, 1.82) is 0 Å². The molecule has 0 spiro atoms. The van der Waals surface area contributed by atoms with Gasteiger partial charge >= 0.3 is 0 Å². The van der Waals surface area contributed by atoms with Gasteiger partial charge < -0.3 is 5.32 Å². The van der Waals surface area contributed by atoms with Crippen LogP contribution in [0.5, 0.6) is 0 Å². The van der Waals surface area contributed by atoms with Crippen LogP contribution in [0.2, 0.25) is 0 Å². The zero-order chi connectivity index (χ0) is 20.7. The van der Waals surface area contributed by atoms with Gasteiger partial charge in [0.1, 0.15) is 5.54 Å². The van der Waals surface area contributed by atoms with E-state index in [-0.39, 0.29) is 0 Å². The SMILES string of the molecule is BrC/C=C/c1cccc(NC(c2ccccc2)(c2ccccc2)c2ccccc2)c1. The molecule has 30 heavy (non-hydrogen) atoms. The summed E-state index contributed by atoms with van der Waals surface area (Å²) in [7, 11) is 0. The molecule has 4 aromatic rings. The monoisotopic (exact) mass is 453 g/mol. The predicted octanol–water partition coefficient (Wildman–Crippen LogP) is 7.50. The molecule has 0 heterocycles. The molecular weight excluding hydrogens is 430 g/mol. The largest absolute Gasteiger partial charge is 0.368 e. The number of halogens is 1. The highest BCUT2D eigenvalue weighted by molar-refractivity contribution is 9.09. The van der Waals surface area contributed by atoms with Gasteiger partial charge in [0.05, 0.1) is 0 Å². The van der Waals surface area contributed by atoms with Crippen LogP contribution >= 0.6 is 15.9 Å². The van der Waals surface area contributed by atoms with E-state index in [0.29, 0.717) is 0 Å². The number of rotatable bonds is 7. The van der Waals surface area contributed by atoms with Crippen molar-refractivity contribution in [2.75, 3.05) is 10.6 Å². The second kappa shape index (κ2) is 9.60. The molecule has 0 aromatic heterocycles. The first kappa shape index (κ1) is 20.2. The summed E-state index contributed by atoms with van der Waals surface area (Å²) in [6, 6.07) is 40.6. The van der Waals surface area contributed by atoms with E-state index in [2.05, 4.69) is 149 Å². The summed E-state index contributed by atoms with van der Waals surface area (Å²) in [6.45, 7) is 0. The normalized spacial score (nSPS) is 11.5. The van der Waals surface area contributed by atoms with E-state index in [1.54, 1.807) is 0 Å². The summed E-state index contributed by atoms with van der Waals surface area (Å²) in [6.07, 6.45) is 4.24. The van der Waals surface area contributed by atoms with Crippen LogP contribution in [0.1, 0.15) is 22.3 Å². The lowest BCUT2D eigenvalue weighted by Gasteiger charge is -2.38. The summed E-state index contributed by atoms with van der Waals surface area (Å²) in [4.78, 5) is 0. The number of alkyl halides is 1. The van der Waals surface area contributed by atoms with Crippen LogP contribution in [0.4, 0.5) is 5.69 Å². The molecule has 4 rings (SSSR count). The average molecular weight is 454 g/mol. The standard InChI is InChI=1S/C28H24BrN/c29-21-11-13-23-12-10-20-27(22-23)30-28(24-14-4-1-5-15-24,25-16-6-2-7-17-25)26-18-8-3-9-19-26/h1-20,22,30H,21H2/b13-11+. The fourth-order valence-electron chi connectivity index (χ4n) is 3.90. The van der Waals surface area contributed by atoms with Crippen LogP contribution in [0.3, 0.4) is 0 Å². The smallest absolute Gasteiger partial charge is 0.114 e. The van der Waals surface area contributed by atoms with E-state index in [4.69, 9.17) is 0 Å². The highest BCUT2D eigenvalue weighted by atomic mass is 79.9. The Morgan fingerprint density at radius 2 is 1.13 bits per heavy atom. The first-order valence-corrected chi connectivity index (χ1v) is 11.2. The maximum absolute atomic E-state index is 3.91. The Morgan fingerprint density at radius 1 is 0.633 bits per heavy atom. The third-order valence-corrected chi connectivity index (χ3v) is 5.61. The summed E-state index contributed by atoms with van der Waals surface area (Å²) >= 11 is 3.46. The first-order valence-electron chi connectivity index (χ1n) is 10.1. The summed E-state index contributed by atoms with van der Waals surface area (Å²) in [5.74, 6) is 0. The van der Waals surface area contributed by atoms with Gasteiger partial charge in [0.15, 0.2) is 0 Å². The molecular formula is C28H24BrN. The minimum Gasteiger partial charge on any atom is -0.368 e. The third-order valence-electron chi connectivity index (χ3n) is 5.24. The van der Waals surface area contributed by atoms with Gasteiger partial charge in [-0.1, -0.05) is 131 Å². The number of benzene rings is 4. The van der Waals surface area contributed by atoms with Crippen molar-refractivity contribution in [2.24, 2.45) is 0 Å². The topological polar surface area (TPSA) is 12.0 Å². The Kier molecular flexibility index (Phi) is 6.46. The second-order valence-electron chi connectivity index (χ2n) is 7.16. The Bertz CT molecular complexity index is 992. The zero-order valence-corrected chi connectivity index (χ0v) is 18.3. The van der Waals surface area contributed by atoms with E-state index in [1.165, 1.54) is 22.3 Å². The number of allylic oxidation sites excluding steroid dienone is 1. The molecule has 0 saturated heterocycles. The van der Waals surface area contributed by atoms with Crippen LogP contribution in [0.25, 0.3) is 6.08 Å². The molecule has 2 heteroatoms. The van der Waals surface area contributed by atoms with Gasteiger partial charge in [-0.05, 0) is 34.4 Å². The Balaban J connectivity index is 1.93. The lowest BCUT2D eigenvalue weighted by atomic mass is 9.76. The van der Waals surface area contributed by atoms with Gasteiger partial charge in [-0.25, -0.2) is 0 Å². The highest BCUT2D eigenvalue weighted by Crippen LogP contribution is 2.40. The van der Waals surface area contributed by atoms with E-state index >= 15 is 0 Å². The first-order chi connectivity index (χ1) is 14.8. The third kappa shape index (κ3) is 4.24. The van der Waals surface area contributed by atoms with Crippen molar-refractivity contribution in [3.8, 4) is 0 Å². The maximum atomic E-state index is 3.91. The van der Waals surface area contributed by atoms with Gasteiger partial charge in [0, 0.05) is 11.0 Å². The van der Waals surface area contributed by atoms with Crippen LogP contribution < -0.4 is 5.32 Å². The highest BCUT2D eigenvalue weighted by Gasteiger charge is 2.36. The molecule has 1 nitrogen and oxygen atoms in total. The molecule has 0 atom stereocenters. The molecule has 0 aliphatic rings. The Labute approximate surface area is 187 Å². The predicted molar refractivity (Wildman–Crippen MR) is 132 cm³/mol. The van der Waals surface area contributed by atoms with E-state index in [9.17, 15) is 0 Å². The van der Waals surface area contributed by atoms with E-state index in [0.717, 1.165) is 11.0 Å². The number of nitrogens with one attached hydrogen (secondary N) is 1. The van der Waals surface area contributed by atoms with Crippen molar-refractivity contribution in [3.63, 3.8) is 0 Å². The maximum Gasteiger partial charge on any atom is 0.114 e. The molecule has 0 bridgehead atoms. The van der Waals surface area contributed by atoms with Gasteiger partial charge in [-0.3, -0.25) is 0 Å². The number of hydrogen-bond acceptors (Lipinski definition) is 1. The molecule has 0 aliphatic heterocycles. The molecule has 0 radical (unpaired) electrons. The van der Waals surface area contributed by atoms with Crippen LogP contribution in [-0.2, 0) is 5.54 Å². The molecule has 0 unspecified atom stereocenters. The van der Waals surface area contributed by atoms with Crippen molar-refractivity contribution in [3.05, 3.63) is 144 Å².